The SMILES string of the molecule is O=C(CCc1nc(-c2ccc(F)cc2)no1)Nc1cccc(Cl)c1Cl. The lowest BCUT2D eigenvalue weighted by Crippen LogP contribution is -2.12. The van der Waals surface area contributed by atoms with E-state index in [0.717, 1.165) is 0 Å². The molecular weight excluding hydrogens is 368 g/mol. The number of aromatic nitrogens is 2. The van der Waals surface area contributed by atoms with Crippen molar-refractivity contribution in [1.29, 1.82) is 0 Å². The molecule has 1 heterocycles. The van der Waals surface area contributed by atoms with Gasteiger partial charge in [-0.3, -0.25) is 4.79 Å². The molecule has 0 bridgehead atoms. The number of amides is 1. The number of hydrogen-bond acceptors (Lipinski definition) is 4. The van der Waals surface area contributed by atoms with Gasteiger partial charge in [0.1, 0.15) is 5.82 Å². The number of nitrogens with zero attached hydrogens (tertiary/aromatic N) is 2. The lowest BCUT2D eigenvalue weighted by Gasteiger charge is -2.07. The summed E-state index contributed by atoms with van der Waals surface area (Å²) in [5.74, 6) is 0.0504. The number of rotatable bonds is 5. The predicted octanol–water partition coefficient (Wildman–Crippen LogP) is 4.75. The molecule has 128 valence electrons. The van der Waals surface area contributed by atoms with E-state index in [1.165, 1.54) is 12.1 Å². The van der Waals surface area contributed by atoms with Crippen molar-refractivity contribution in [2.24, 2.45) is 0 Å². The van der Waals surface area contributed by atoms with Gasteiger partial charge in [0, 0.05) is 18.4 Å². The van der Waals surface area contributed by atoms with Crippen LogP contribution >= 0.6 is 23.2 Å². The van der Waals surface area contributed by atoms with Gasteiger partial charge in [0.15, 0.2) is 0 Å². The van der Waals surface area contributed by atoms with E-state index < -0.39 is 0 Å². The first kappa shape index (κ1) is 17.4. The average Bonchev–Trinajstić information content (AvgIpc) is 3.07. The maximum Gasteiger partial charge on any atom is 0.227 e. The standard InChI is InChI=1S/C17H12Cl2FN3O2/c18-12-2-1-3-13(16(12)19)21-14(24)8-9-15-22-17(23-25-15)10-4-6-11(20)7-5-10/h1-7H,8-9H2,(H,21,24). The fourth-order valence-electron chi connectivity index (χ4n) is 2.11. The lowest BCUT2D eigenvalue weighted by atomic mass is 10.2. The van der Waals surface area contributed by atoms with Gasteiger partial charge in [0.2, 0.25) is 17.6 Å². The number of carbonyl (C=O) groups is 1. The normalized spacial score (nSPS) is 10.7. The molecule has 25 heavy (non-hydrogen) atoms. The number of anilines is 1. The summed E-state index contributed by atoms with van der Waals surface area (Å²) in [6.07, 6.45) is 0.395. The topological polar surface area (TPSA) is 68.0 Å². The highest BCUT2D eigenvalue weighted by molar-refractivity contribution is 6.43. The van der Waals surface area contributed by atoms with Gasteiger partial charge in [-0.25, -0.2) is 4.39 Å². The highest BCUT2D eigenvalue weighted by atomic mass is 35.5. The summed E-state index contributed by atoms with van der Waals surface area (Å²) in [5.41, 5.74) is 1.07. The Bertz CT molecular complexity index is 897. The first-order valence-electron chi connectivity index (χ1n) is 7.35. The maximum atomic E-state index is 12.9. The predicted molar refractivity (Wildman–Crippen MR) is 93.1 cm³/mol. The Hall–Kier alpha value is -2.44. The Morgan fingerprint density at radius 2 is 1.92 bits per heavy atom. The van der Waals surface area contributed by atoms with E-state index in [4.69, 9.17) is 27.7 Å². The van der Waals surface area contributed by atoms with Gasteiger partial charge in [0.05, 0.1) is 15.7 Å². The van der Waals surface area contributed by atoms with E-state index in [1.54, 1.807) is 30.3 Å². The van der Waals surface area contributed by atoms with Crippen LogP contribution < -0.4 is 5.32 Å². The van der Waals surface area contributed by atoms with Gasteiger partial charge in [0.25, 0.3) is 0 Å². The van der Waals surface area contributed by atoms with Gasteiger partial charge in [-0.1, -0.05) is 34.4 Å². The van der Waals surface area contributed by atoms with Crippen LogP contribution in [0, 0.1) is 5.82 Å². The molecule has 2 aromatic carbocycles. The zero-order chi connectivity index (χ0) is 17.8. The van der Waals surface area contributed by atoms with Crippen LogP contribution in [0.2, 0.25) is 10.0 Å². The van der Waals surface area contributed by atoms with Crippen molar-refractivity contribution in [2.75, 3.05) is 5.32 Å². The van der Waals surface area contributed by atoms with Gasteiger partial charge in [-0.15, -0.1) is 0 Å². The molecule has 0 saturated carbocycles. The summed E-state index contributed by atoms with van der Waals surface area (Å²) in [6, 6.07) is 10.7. The highest BCUT2D eigenvalue weighted by Crippen LogP contribution is 2.29. The second-order valence-electron chi connectivity index (χ2n) is 5.17. The third kappa shape index (κ3) is 4.35. The minimum atomic E-state index is -0.344. The number of carbonyl (C=O) groups excluding carboxylic acids is 1. The van der Waals surface area contributed by atoms with Crippen molar-refractivity contribution in [3.05, 3.63) is 64.2 Å². The molecule has 1 amide bonds. The summed E-state index contributed by atoms with van der Waals surface area (Å²) >= 11 is 11.9. The van der Waals surface area contributed by atoms with Crippen molar-refractivity contribution in [2.45, 2.75) is 12.8 Å². The summed E-state index contributed by atoms with van der Waals surface area (Å²) in [5, 5.41) is 7.15. The molecule has 1 aromatic heterocycles. The zero-order valence-electron chi connectivity index (χ0n) is 12.8. The number of halogens is 3. The number of hydrogen-bond donors (Lipinski definition) is 1. The molecule has 3 rings (SSSR count). The van der Waals surface area contributed by atoms with Crippen molar-refractivity contribution in [1.82, 2.24) is 10.1 Å². The molecule has 5 nitrogen and oxygen atoms in total. The average molecular weight is 380 g/mol. The van der Waals surface area contributed by atoms with Gasteiger partial charge in [-0.2, -0.15) is 4.98 Å². The van der Waals surface area contributed by atoms with Crippen molar-refractivity contribution >= 4 is 34.8 Å². The van der Waals surface area contributed by atoms with E-state index in [2.05, 4.69) is 15.5 Å². The minimum Gasteiger partial charge on any atom is -0.339 e. The summed E-state index contributed by atoms with van der Waals surface area (Å²) in [7, 11) is 0. The molecule has 0 unspecified atom stereocenters. The van der Waals surface area contributed by atoms with Crippen LogP contribution in [0.5, 0.6) is 0 Å². The largest absolute Gasteiger partial charge is 0.339 e. The molecule has 0 aliphatic carbocycles. The first-order valence-corrected chi connectivity index (χ1v) is 8.11. The van der Waals surface area contributed by atoms with Gasteiger partial charge < -0.3 is 9.84 Å². The van der Waals surface area contributed by atoms with Crippen LogP contribution in [0.1, 0.15) is 12.3 Å². The molecule has 0 saturated heterocycles. The van der Waals surface area contributed by atoms with Crippen LogP contribution in [0.3, 0.4) is 0 Å². The second-order valence-corrected chi connectivity index (χ2v) is 5.95. The molecule has 1 N–H and O–H groups in total. The van der Waals surface area contributed by atoms with E-state index >= 15 is 0 Å². The molecular formula is C17H12Cl2FN3O2. The highest BCUT2D eigenvalue weighted by Gasteiger charge is 2.12. The zero-order valence-corrected chi connectivity index (χ0v) is 14.3. The molecule has 0 radical (unpaired) electrons. The number of nitrogens with one attached hydrogen (secondary N) is 1. The lowest BCUT2D eigenvalue weighted by molar-refractivity contribution is -0.116. The number of benzene rings is 2. The molecule has 8 heteroatoms. The molecule has 0 aliphatic heterocycles. The summed E-state index contributed by atoms with van der Waals surface area (Å²) in [6.45, 7) is 0. The Kier molecular flexibility index (Phi) is 5.31. The molecule has 0 spiro atoms. The Balaban J connectivity index is 1.59. The van der Waals surface area contributed by atoms with Crippen LogP contribution in [0.15, 0.2) is 47.0 Å². The molecule has 0 fully saturated rings. The third-order valence-corrected chi connectivity index (χ3v) is 4.18. The van der Waals surface area contributed by atoms with Crippen molar-refractivity contribution < 1.29 is 13.7 Å². The smallest absolute Gasteiger partial charge is 0.227 e. The van der Waals surface area contributed by atoms with Crippen LogP contribution in [0.25, 0.3) is 11.4 Å². The fourth-order valence-corrected chi connectivity index (χ4v) is 2.45. The second kappa shape index (κ2) is 7.63. The van der Waals surface area contributed by atoms with Crippen LogP contribution in [-0.4, -0.2) is 16.0 Å². The first-order chi connectivity index (χ1) is 12.0. The Labute approximate surface area is 152 Å². The van der Waals surface area contributed by atoms with Crippen LogP contribution in [-0.2, 0) is 11.2 Å². The van der Waals surface area contributed by atoms with Gasteiger partial charge in [-0.05, 0) is 36.4 Å². The van der Waals surface area contributed by atoms with E-state index in [9.17, 15) is 9.18 Å². The molecule has 0 atom stereocenters. The number of aryl methyl sites for hydroxylation is 1. The maximum absolute atomic E-state index is 12.9. The Morgan fingerprint density at radius 3 is 2.68 bits per heavy atom. The molecule has 0 aliphatic rings. The van der Waals surface area contributed by atoms with E-state index in [1.807, 2.05) is 0 Å². The summed E-state index contributed by atoms with van der Waals surface area (Å²) in [4.78, 5) is 16.2. The van der Waals surface area contributed by atoms with Crippen molar-refractivity contribution in [3.8, 4) is 11.4 Å². The third-order valence-electron chi connectivity index (χ3n) is 3.36. The van der Waals surface area contributed by atoms with Gasteiger partial charge >= 0.3 is 0 Å². The quantitative estimate of drug-likeness (QED) is 0.694. The fraction of sp³-hybridized carbons (Fsp3) is 0.118. The van der Waals surface area contributed by atoms with E-state index in [0.29, 0.717) is 28.0 Å². The van der Waals surface area contributed by atoms with Crippen molar-refractivity contribution in [3.63, 3.8) is 0 Å². The summed E-state index contributed by atoms with van der Waals surface area (Å²) < 4.78 is 18.0. The van der Waals surface area contributed by atoms with E-state index in [-0.39, 0.29) is 29.6 Å². The Morgan fingerprint density at radius 1 is 1.16 bits per heavy atom. The minimum absolute atomic E-state index is 0.133. The molecule has 3 aromatic rings. The monoisotopic (exact) mass is 379 g/mol. The van der Waals surface area contributed by atoms with Crippen LogP contribution in [0.4, 0.5) is 10.1 Å².